The van der Waals surface area contributed by atoms with Crippen LogP contribution in [0.3, 0.4) is 0 Å². The van der Waals surface area contributed by atoms with Crippen LogP contribution in [-0.4, -0.2) is 59.6 Å². The number of hydrogen-bond acceptors (Lipinski definition) is 6. The number of nitrogens with zero attached hydrogens (tertiary/aromatic N) is 6. The van der Waals surface area contributed by atoms with Crippen LogP contribution in [-0.2, 0) is 4.79 Å². The Balaban J connectivity index is 1.38. The standard InChI is InChI=1S/C30H32N6O3/c1-22-18-24(19-25(21-31)30(37)34-16-14-32(15-17-34)26-8-4-3-5-9-26)23(2)35(22)27-10-11-28(29(20-27)36(38)39)33-12-6-7-13-33/h3-5,8-11,18-20H,6-7,12-17H2,1-2H3/b25-19+. The van der Waals surface area contributed by atoms with Crippen molar-refractivity contribution in [1.29, 1.82) is 5.26 Å². The van der Waals surface area contributed by atoms with Gasteiger partial charge in [0.15, 0.2) is 0 Å². The molecule has 39 heavy (non-hydrogen) atoms. The van der Waals surface area contributed by atoms with Gasteiger partial charge in [-0.15, -0.1) is 0 Å². The molecule has 2 saturated heterocycles. The number of carbonyl (C=O) groups excluding carboxylic acids is 1. The first-order chi connectivity index (χ1) is 18.9. The summed E-state index contributed by atoms with van der Waals surface area (Å²) in [7, 11) is 0. The van der Waals surface area contributed by atoms with Gasteiger partial charge in [0.2, 0.25) is 0 Å². The third-order valence-corrected chi connectivity index (χ3v) is 7.67. The summed E-state index contributed by atoms with van der Waals surface area (Å²) in [6.07, 6.45) is 3.71. The van der Waals surface area contributed by atoms with Gasteiger partial charge < -0.3 is 19.3 Å². The van der Waals surface area contributed by atoms with E-state index in [9.17, 15) is 20.2 Å². The number of rotatable bonds is 6. The molecule has 3 aromatic rings. The highest BCUT2D eigenvalue weighted by molar-refractivity contribution is 6.02. The van der Waals surface area contributed by atoms with Crippen LogP contribution < -0.4 is 9.80 Å². The van der Waals surface area contributed by atoms with Crippen LogP contribution in [0.15, 0.2) is 60.2 Å². The SMILES string of the molecule is Cc1cc(/C=C(\C#N)C(=O)N2CCN(c3ccccc3)CC2)c(C)n1-c1ccc(N2CCCC2)c([N+](=O)[O-])c1. The third kappa shape index (κ3) is 5.23. The minimum Gasteiger partial charge on any atom is -0.368 e. The zero-order valence-electron chi connectivity index (χ0n) is 22.3. The van der Waals surface area contributed by atoms with E-state index in [-0.39, 0.29) is 22.1 Å². The summed E-state index contributed by atoms with van der Waals surface area (Å²) in [5.74, 6) is -0.277. The molecule has 0 N–H and O–H groups in total. The van der Waals surface area contributed by atoms with Crippen molar-refractivity contribution in [2.24, 2.45) is 0 Å². The molecule has 1 aromatic heterocycles. The van der Waals surface area contributed by atoms with E-state index in [0.717, 1.165) is 48.6 Å². The summed E-state index contributed by atoms with van der Waals surface area (Å²) in [5.41, 5.74) is 5.04. The van der Waals surface area contributed by atoms with Crippen molar-refractivity contribution in [3.05, 3.63) is 87.2 Å². The van der Waals surface area contributed by atoms with Gasteiger partial charge in [-0.2, -0.15) is 5.26 Å². The molecule has 0 spiro atoms. The van der Waals surface area contributed by atoms with Crippen molar-refractivity contribution < 1.29 is 9.72 Å². The van der Waals surface area contributed by atoms with Crippen molar-refractivity contribution in [2.45, 2.75) is 26.7 Å². The molecule has 0 bridgehead atoms. The number of para-hydroxylation sites is 1. The van der Waals surface area contributed by atoms with Crippen molar-refractivity contribution in [3.63, 3.8) is 0 Å². The lowest BCUT2D eigenvalue weighted by molar-refractivity contribution is -0.384. The zero-order valence-corrected chi connectivity index (χ0v) is 22.3. The van der Waals surface area contributed by atoms with Gasteiger partial charge in [0.25, 0.3) is 11.6 Å². The number of anilines is 2. The molecule has 5 rings (SSSR count). The van der Waals surface area contributed by atoms with Crippen molar-refractivity contribution in [3.8, 4) is 11.8 Å². The van der Waals surface area contributed by atoms with E-state index in [2.05, 4.69) is 28.0 Å². The number of nitro groups is 1. The monoisotopic (exact) mass is 524 g/mol. The lowest BCUT2D eigenvalue weighted by Crippen LogP contribution is -2.49. The van der Waals surface area contributed by atoms with E-state index >= 15 is 0 Å². The number of aromatic nitrogens is 1. The van der Waals surface area contributed by atoms with Gasteiger partial charge in [-0.25, -0.2) is 0 Å². The van der Waals surface area contributed by atoms with E-state index in [4.69, 9.17) is 0 Å². The highest BCUT2D eigenvalue weighted by Gasteiger charge is 2.26. The number of nitriles is 1. The summed E-state index contributed by atoms with van der Waals surface area (Å²) in [6.45, 7) is 7.95. The van der Waals surface area contributed by atoms with Crippen LogP contribution in [0.4, 0.5) is 17.1 Å². The highest BCUT2D eigenvalue weighted by Crippen LogP contribution is 2.34. The summed E-state index contributed by atoms with van der Waals surface area (Å²) < 4.78 is 1.94. The van der Waals surface area contributed by atoms with E-state index in [1.807, 2.05) is 54.8 Å². The number of nitro benzene ring substituents is 1. The maximum absolute atomic E-state index is 13.3. The van der Waals surface area contributed by atoms with Gasteiger partial charge in [0, 0.05) is 62.4 Å². The molecule has 9 nitrogen and oxygen atoms in total. The Morgan fingerprint density at radius 2 is 1.62 bits per heavy atom. The van der Waals surface area contributed by atoms with Crippen LogP contribution in [0.5, 0.6) is 0 Å². The maximum atomic E-state index is 13.3. The molecule has 0 atom stereocenters. The molecule has 2 aliphatic heterocycles. The molecular formula is C30H32N6O3. The Morgan fingerprint density at radius 1 is 0.923 bits per heavy atom. The first-order valence-corrected chi connectivity index (χ1v) is 13.3. The number of hydrogen-bond donors (Lipinski definition) is 0. The average molecular weight is 525 g/mol. The quantitative estimate of drug-likeness (QED) is 0.198. The van der Waals surface area contributed by atoms with Gasteiger partial charge in [0.1, 0.15) is 17.3 Å². The molecule has 0 saturated carbocycles. The molecule has 1 amide bonds. The van der Waals surface area contributed by atoms with E-state index in [1.54, 1.807) is 17.0 Å². The van der Waals surface area contributed by atoms with Gasteiger partial charge in [-0.05, 0) is 68.7 Å². The number of amides is 1. The second-order valence-electron chi connectivity index (χ2n) is 10.1. The first-order valence-electron chi connectivity index (χ1n) is 13.3. The Labute approximate surface area is 228 Å². The van der Waals surface area contributed by atoms with Crippen molar-refractivity contribution in [2.75, 3.05) is 49.1 Å². The van der Waals surface area contributed by atoms with E-state index in [1.165, 1.54) is 0 Å². The van der Waals surface area contributed by atoms with Gasteiger partial charge in [-0.3, -0.25) is 14.9 Å². The van der Waals surface area contributed by atoms with E-state index < -0.39 is 0 Å². The minimum atomic E-state index is -0.323. The Morgan fingerprint density at radius 3 is 2.26 bits per heavy atom. The molecule has 0 unspecified atom stereocenters. The number of carbonyl (C=O) groups is 1. The smallest absolute Gasteiger partial charge is 0.294 e. The van der Waals surface area contributed by atoms with Gasteiger partial charge in [-0.1, -0.05) is 18.2 Å². The van der Waals surface area contributed by atoms with Crippen LogP contribution in [0.1, 0.15) is 29.8 Å². The van der Waals surface area contributed by atoms with Gasteiger partial charge >= 0.3 is 0 Å². The normalized spacial score (nSPS) is 15.9. The van der Waals surface area contributed by atoms with Crippen LogP contribution in [0.25, 0.3) is 11.8 Å². The molecule has 200 valence electrons. The van der Waals surface area contributed by atoms with Crippen LogP contribution >= 0.6 is 0 Å². The van der Waals surface area contributed by atoms with Crippen LogP contribution in [0.2, 0.25) is 0 Å². The van der Waals surface area contributed by atoms with Crippen LogP contribution in [0, 0.1) is 35.3 Å². The molecule has 0 radical (unpaired) electrons. The highest BCUT2D eigenvalue weighted by atomic mass is 16.6. The fraction of sp³-hybridized carbons (Fsp3) is 0.333. The fourth-order valence-electron chi connectivity index (χ4n) is 5.63. The largest absolute Gasteiger partial charge is 0.368 e. The number of aryl methyl sites for hydroxylation is 1. The third-order valence-electron chi connectivity index (χ3n) is 7.67. The Hall–Kier alpha value is -4.58. The second kappa shape index (κ2) is 11.0. The molecular weight excluding hydrogens is 492 g/mol. The predicted molar refractivity (Wildman–Crippen MR) is 152 cm³/mol. The maximum Gasteiger partial charge on any atom is 0.294 e. The molecule has 2 aliphatic rings. The summed E-state index contributed by atoms with van der Waals surface area (Å²) in [5, 5.41) is 21.8. The summed E-state index contributed by atoms with van der Waals surface area (Å²) in [4.78, 5) is 30.9. The Bertz CT molecular complexity index is 1460. The first kappa shape index (κ1) is 26.0. The minimum absolute atomic E-state index is 0.0822. The van der Waals surface area contributed by atoms with E-state index in [0.29, 0.717) is 37.6 Å². The topological polar surface area (TPSA) is 98.7 Å². The summed E-state index contributed by atoms with van der Waals surface area (Å²) >= 11 is 0. The Kier molecular flexibility index (Phi) is 7.37. The lowest BCUT2D eigenvalue weighted by atomic mass is 10.1. The molecule has 9 heteroatoms. The lowest BCUT2D eigenvalue weighted by Gasteiger charge is -2.36. The zero-order chi connectivity index (χ0) is 27.5. The van der Waals surface area contributed by atoms with Crippen molar-refractivity contribution >= 4 is 29.0 Å². The predicted octanol–water partition coefficient (Wildman–Crippen LogP) is 4.86. The molecule has 2 fully saturated rings. The fourth-order valence-corrected chi connectivity index (χ4v) is 5.63. The average Bonchev–Trinajstić information content (AvgIpc) is 3.59. The second-order valence-corrected chi connectivity index (χ2v) is 10.1. The molecule has 0 aliphatic carbocycles. The number of piperazine rings is 1. The molecule has 3 heterocycles. The van der Waals surface area contributed by atoms with Crippen molar-refractivity contribution in [1.82, 2.24) is 9.47 Å². The summed E-state index contributed by atoms with van der Waals surface area (Å²) in [6, 6.07) is 19.4. The van der Waals surface area contributed by atoms with Gasteiger partial charge in [0.05, 0.1) is 10.6 Å². The number of benzene rings is 2. The molecule has 2 aromatic carbocycles.